The summed E-state index contributed by atoms with van der Waals surface area (Å²) in [6.45, 7) is 4.09. The van der Waals surface area contributed by atoms with Gasteiger partial charge in [-0.1, -0.05) is 25.4 Å². The van der Waals surface area contributed by atoms with E-state index < -0.39 is 0 Å². The predicted octanol–water partition coefficient (Wildman–Crippen LogP) is 2.90. The lowest BCUT2D eigenvalue weighted by Gasteiger charge is -2.08. The third-order valence-corrected chi connectivity index (χ3v) is 2.63. The molecule has 0 bridgehead atoms. The fraction of sp³-hybridized carbons (Fsp3) is 0.250. The van der Waals surface area contributed by atoms with Gasteiger partial charge < -0.3 is 5.73 Å². The van der Waals surface area contributed by atoms with E-state index in [1.54, 1.807) is 24.4 Å². The maximum Gasteiger partial charge on any atom is 0.181 e. The van der Waals surface area contributed by atoms with E-state index in [1.165, 1.54) is 0 Å². The van der Waals surface area contributed by atoms with Crippen molar-refractivity contribution in [3.05, 3.63) is 35.1 Å². The molecule has 0 spiro atoms. The summed E-state index contributed by atoms with van der Waals surface area (Å²) >= 11 is 6.06. The van der Waals surface area contributed by atoms with Crippen LogP contribution in [0.25, 0.3) is 11.5 Å². The monoisotopic (exact) mass is 248 g/mol. The van der Waals surface area contributed by atoms with Crippen LogP contribution in [0.1, 0.15) is 25.5 Å². The Kier molecular flexibility index (Phi) is 3.24. The summed E-state index contributed by atoms with van der Waals surface area (Å²) in [4.78, 5) is 12.8. The number of anilines is 1. The molecule has 0 saturated heterocycles. The lowest BCUT2D eigenvalue weighted by atomic mass is 10.1. The van der Waals surface area contributed by atoms with Crippen LogP contribution < -0.4 is 5.73 Å². The standard InChI is InChI=1S/C12H13ClN4/c1-7(2)9-6-10(14)17-12(16-9)11-8(13)4-3-5-15-11/h3-7H,1-2H3,(H2,14,16,17). The number of hydrogen-bond donors (Lipinski definition) is 1. The molecule has 0 aliphatic rings. The Balaban J connectivity index is 2.56. The van der Waals surface area contributed by atoms with E-state index in [2.05, 4.69) is 15.0 Å². The van der Waals surface area contributed by atoms with Crippen LogP contribution in [0.3, 0.4) is 0 Å². The fourth-order valence-corrected chi connectivity index (χ4v) is 1.64. The SMILES string of the molecule is CC(C)c1cc(N)nc(-c2ncccc2Cl)n1. The zero-order valence-electron chi connectivity index (χ0n) is 9.68. The molecular weight excluding hydrogens is 236 g/mol. The van der Waals surface area contributed by atoms with Gasteiger partial charge in [0.25, 0.3) is 0 Å². The van der Waals surface area contributed by atoms with Gasteiger partial charge in [0.2, 0.25) is 0 Å². The van der Waals surface area contributed by atoms with Gasteiger partial charge in [0.05, 0.1) is 5.02 Å². The molecule has 0 amide bonds. The van der Waals surface area contributed by atoms with Crippen LogP contribution in [0.15, 0.2) is 24.4 Å². The van der Waals surface area contributed by atoms with E-state index in [0.717, 1.165) is 5.69 Å². The number of aromatic nitrogens is 3. The first kappa shape index (κ1) is 11.8. The second-order valence-corrected chi connectivity index (χ2v) is 4.44. The molecule has 2 rings (SSSR count). The molecule has 0 aliphatic heterocycles. The molecular formula is C12H13ClN4. The van der Waals surface area contributed by atoms with Gasteiger partial charge in [-0.25, -0.2) is 9.97 Å². The third-order valence-electron chi connectivity index (χ3n) is 2.33. The Hall–Kier alpha value is -1.68. The molecule has 4 nitrogen and oxygen atoms in total. The van der Waals surface area contributed by atoms with Gasteiger partial charge in [-0.2, -0.15) is 0 Å². The van der Waals surface area contributed by atoms with Crippen LogP contribution in [-0.4, -0.2) is 15.0 Å². The molecule has 2 heterocycles. The topological polar surface area (TPSA) is 64.7 Å². The second-order valence-electron chi connectivity index (χ2n) is 4.03. The molecule has 0 aromatic carbocycles. The number of nitrogens with zero attached hydrogens (tertiary/aromatic N) is 3. The number of pyridine rings is 1. The minimum Gasteiger partial charge on any atom is -0.384 e. The lowest BCUT2D eigenvalue weighted by Crippen LogP contribution is -2.02. The average Bonchev–Trinajstić information content (AvgIpc) is 2.28. The third kappa shape index (κ3) is 2.53. The van der Waals surface area contributed by atoms with E-state index in [4.69, 9.17) is 17.3 Å². The zero-order valence-corrected chi connectivity index (χ0v) is 10.4. The molecule has 0 fully saturated rings. The first-order valence-electron chi connectivity index (χ1n) is 5.33. The highest BCUT2D eigenvalue weighted by Gasteiger charge is 2.11. The summed E-state index contributed by atoms with van der Waals surface area (Å²) in [7, 11) is 0. The predicted molar refractivity (Wildman–Crippen MR) is 68.8 cm³/mol. The van der Waals surface area contributed by atoms with Gasteiger partial charge in [0.1, 0.15) is 11.5 Å². The van der Waals surface area contributed by atoms with Crippen molar-refractivity contribution >= 4 is 17.4 Å². The molecule has 0 unspecified atom stereocenters. The number of nitrogens with two attached hydrogens (primary N) is 1. The van der Waals surface area contributed by atoms with Crippen molar-refractivity contribution in [3.8, 4) is 11.5 Å². The summed E-state index contributed by atoms with van der Waals surface area (Å²) in [6, 6.07) is 5.29. The van der Waals surface area contributed by atoms with Crippen LogP contribution in [-0.2, 0) is 0 Å². The van der Waals surface area contributed by atoms with Crippen molar-refractivity contribution in [1.82, 2.24) is 15.0 Å². The molecule has 0 radical (unpaired) electrons. The molecule has 17 heavy (non-hydrogen) atoms. The van der Waals surface area contributed by atoms with Crippen LogP contribution in [0.2, 0.25) is 5.02 Å². The molecule has 2 N–H and O–H groups in total. The molecule has 0 aliphatic carbocycles. The van der Waals surface area contributed by atoms with E-state index in [1.807, 2.05) is 13.8 Å². The Morgan fingerprint density at radius 3 is 2.71 bits per heavy atom. The fourth-order valence-electron chi connectivity index (χ4n) is 1.44. The van der Waals surface area contributed by atoms with E-state index >= 15 is 0 Å². The summed E-state index contributed by atoms with van der Waals surface area (Å²) in [5.74, 6) is 1.18. The van der Waals surface area contributed by atoms with Gasteiger partial charge in [-0.05, 0) is 18.1 Å². The first-order valence-corrected chi connectivity index (χ1v) is 5.71. The molecule has 2 aromatic heterocycles. The quantitative estimate of drug-likeness (QED) is 0.888. The summed E-state index contributed by atoms with van der Waals surface area (Å²) < 4.78 is 0. The van der Waals surface area contributed by atoms with E-state index in [-0.39, 0.29) is 5.92 Å². The number of halogens is 1. The van der Waals surface area contributed by atoms with Crippen molar-refractivity contribution in [2.75, 3.05) is 5.73 Å². The van der Waals surface area contributed by atoms with Crippen LogP contribution in [0, 0.1) is 0 Å². The number of hydrogen-bond acceptors (Lipinski definition) is 4. The van der Waals surface area contributed by atoms with Crippen LogP contribution >= 0.6 is 11.6 Å². The van der Waals surface area contributed by atoms with Crippen LogP contribution in [0.5, 0.6) is 0 Å². The summed E-state index contributed by atoms with van der Waals surface area (Å²) in [5.41, 5.74) is 7.20. The van der Waals surface area contributed by atoms with Gasteiger partial charge >= 0.3 is 0 Å². The van der Waals surface area contributed by atoms with Crippen molar-refractivity contribution in [3.63, 3.8) is 0 Å². The zero-order chi connectivity index (χ0) is 12.4. The summed E-state index contributed by atoms with van der Waals surface area (Å²) in [5, 5.41) is 0.521. The Labute approximate surface area is 105 Å². The normalized spacial score (nSPS) is 10.8. The van der Waals surface area contributed by atoms with Crippen molar-refractivity contribution < 1.29 is 0 Å². The highest BCUT2D eigenvalue weighted by atomic mass is 35.5. The molecule has 0 saturated carbocycles. The maximum absolute atomic E-state index is 6.06. The Morgan fingerprint density at radius 2 is 2.06 bits per heavy atom. The van der Waals surface area contributed by atoms with Gasteiger partial charge in [0.15, 0.2) is 5.82 Å². The largest absolute Gasteiger partial charge is 0.384 e. The van der Waals surface area contributed by atoms with E-state index in [9.17, 15) is 0 Å². The Morgan fingerprint density at radius 1 is 1.29 bits per heavy atom. The van der Waals surface area contributed by atoms with Crippen LogP contribution in [0.4, 0.5) is 5.82 Å². The number of rotatable bonds is 2. The molecule has 2 aromatic rings. The smallest absolute Gasteiger partial charge is 0.181 e. The highest BCUT2D eigenvalue weighted by Crippen LogP contribution is 2.24. The minimum absolute atomic E-state index is 0.279. The van der Waals surface area contributed by atoms with Crippen molar-refractivity contribution in [2.45, 2.75) is 19.8 Å². The highest BCUT2D eigenvalue weighted by molar-refractivity contribution is 6.32. The van der Waals surface area contributed by atoms with Crippen molar-refractivity contribution in [1.29, 1.82) is 0 Å². The molecule has 0 atom stereocenters. The minimum atomic E-state index is 0.279. The first-order chi connectivity index (χ1) is 8.08. The molecule has 5 heteroatoms. The average molecular weight is 249 g/mol. The second kappa shape index (κ2) is 4.67. The molecule has 88 valence electrons. The Bertz CT molecular complexity index is 540. The van der Waals surface area contributed by atoms with Gasteiger partial charge in [0, 0.05) is 18.0 Å². The van der Waals surface area contributed by atoms with Gasteiger partial charge in [-0.3, -0.25) is 4.98 Å². The number of nitrogen functional groups attached to an aromatic ring is 1. The lowest BCUT2D eigenvalue weighted by molar-refractivity contribution is 0.817. The summed E-state index contributed by atoms with van der Waals surface area (Å²) in [6.07, 6.45) is 1.66. The van der Waals surface area contributed by atoms with Crippen molar-refractivity contribution in [2.24, 2.45) is 0 Å². The van der Waals surface area contributed by atoms with E-state index in [0.29, 0.717) is 22.4 Å². The van der Waals surface area contributed by atoms with Gasteiger partial charge in [-0.15, -0.1) is 0 Å². The maximum atomic E-state index is 6.06.